The van der Waals surface area contributed by atoms with Crippen molar-refractivity contribution in [1.82, 2.24) is 14.8 Å². The lowest BCUT2D eigenvalue weighted by molar-refractivity contribution is 0.733. The summed E-state index contributed by atoms with van der Waals surface area (Å²) in [6.07, 6.45) is 0. The molecular formula is C11H11BrClN3. The topological polar surface area (TPSA) is 30.7 Å². The molecular weight excluding hydrogens is 289 g/mol. The van der Waals surface area contributed by atoms with Crippen LogP contribution in [0.3, 0.4) is 0 Å². The van der Waals surface area contributed by atoms with E-state index < -0.39 is 0 Å². The highest BCUT2D eigenvalue weighted by atomic mass is 79.9. The maximum absolute atomic E-state index is 5.85. The molecule has 84 valence electrons. The zero-order valence-electron chi connectivity index (χ0n) is 8.82. The lowest BCUT2D eigenvalue weighted by Crippen LogP contribution is -2.01. The molecule has 0 fully saturated rings. The maximum atomic E-state index is 5.85. The number of rotatable bonds is 3. The minimum absolute atomic E-state index is 0.710. The summed E-state index contributed by atoms with van der Waals surface area (Å²) < 4.78 is 2.08. The van der Waals surface area contributed by atoms with E-state index in [1.165, 1.54) is 0 Å². The van der Waals surface area contributed by atoms with Crippen molar-refractivity contribution in [3.63, 3.8) is 0 Å². The molecule has 0 unspecified atom stereocenters. The van der Waals surface area contributed by atoms with Crippen LogP contribution in [-0.4, -0.2) is 14.8 Å². The first-order valence-corrected chi connectivity index (χ1v) is 6.50. The molecule has 0 atom stereocenters. The van der Waals surface area contributed by atoms with Gasteiger partial charge in [0.2, 0.25) is 0 Å². The van der Waals surface area contributed by atoms with Crippen LogP contribution in [0.15, 0.2) is 24.3 Å². The summed E-state index contributed by atoms with van der Waals surface area (Å²) in [5.74, 6) is 1.82. The molecule has 0 saturated carbocycles. The molecule has 0 radical (unpaired) electrons. The van der Waals surface area contributed by atoms with Crippen molar-refractivity contribution in [2.24, 2.45) is 0 Å². The molecule has 2 rings (SSSR count). The Kier molecular flexibility index (Phi) is 3.61. The van der Waals surface area contributed by atoms with Crippen molar-refractivity contribution < 1.29 is 0 Å². The number of alkyl halides is 1. The number of halogens is 2. The third kappa shape index (κ3) is 2.13. The van der Waals surface area contributed by atoms with Crippen molar-refractivity contribution in [3.8, 4) is 11.4 Å². The van der Waals surface area contributed by atoms with Gasteiger partial charge >= 0.3 is 0 Å². The fourth-order valence-corrected chi connectivity index (χ4v) is 2.12. The minimum Gasteiger partial charge on any atom is -0.311 e. The van der Waals surface area contributed by atoms with E-state index in [1.54, 1.807) is 0 Å². The fraction of sp³-hybridized carbons (Fsp3) is 0.273. The first kappa shape index (κ1) is 11.6. The monoisotopic (exact) mass is 299 g/mol. The van der Waals surface area contributed by atoms with E-state index in [0.717, 1.165) is 28.8 Å². The van der Waals surface area contributed by atoms with Gasteiger partial charge in [-0.3, -0.25) is 0 Å². The third-order valence-corrected chi connectivity index (χ3v) is 3.12. The van der Waals surface area contributed by atoms with Crippen molar-refractivity contribution >= 4 is 27.5 Å². The molecule has 3 nitrogen and oxygen atoms in total. The van der Waals surface area contributed by atoms with Crippen LogP contribution in [0.4, 0.5) is 0 Å². The average Bonchev–Trinajstić information content (AvgIpc) is 2.72. The zero-order chi connectivity index (χ0) is 11.5. The lowest BCUT2D eigenvalue weighted by atomic mass is 10.2. The van der Waals surface area contributed by atoms with Gasteiger partial charge in [-0.2, -0.15) is 0 Å². The van der Waals surface area contributed by atoms with Gasteiger partial charge in [-0.15, -0.1) is 10.2 Å². The number of hydrogen-bond donors (Lipinski definition) is 0. The van der Waals surface area contributed by atoms with Crippen molar-refractivity contribution in [3.05, 3.63) is 35.1 Å². The first-order chi connectivity index (χ1) is 7.76. The van der Waals surface area contributed by atoms with Crippen LogP contribution in [0.5, 0.6) is 0 Å². The largest absolute Gasteiger partial charge is 0.311 e. The van der Waals surface area contributed by atoms with E-state index >= 15 is 0 Å². The number of hydrogen-bond acceptors (Lipinski definition) is 2. The third-order valence-electron chi connectivity index (χ3n) is 2.37. The quantitative estimate of drug-likeness (QED) is 0.812. The van der Waals surface area contributed by atoms with Gasteiger partial charge in [-0.05, 0) is 31.2 Å². The molecule has 16 heavy (non-hydrogen) atoms. The summed E-state index contributed by atoms with van der Waals surface area (Å²) >= 11 is 9.26. The molecule has 0 aliphatic carbocycles. The Balaban J connectivity index is 2.47. The zero-order valence-corrected chi connectivity index (χ0v) is 11.2. The van der Waals surface area contributed by atoms with Gasteiger partial charge in [0.1, 0.15) is 5.82 Å². The molecule has 1 aromatic carbocycles. The van der Waals surface area contributed by atoms with E-state index in [4.69, 9.17) is 11.6 Å². The maximum Gasteiger partial charge on any atom is 0.163 e. The minimum atomic E-state index is 0.710. The van der Waals surface area contributed by atoms with E-state index in [2.05, 4.69) is 37.6 Å². The Labute approximate surface area is 108 Å². The SMILES string of the molecule is CCn1c(CBr)nnc1-c1ccc(Cl)cc1. The van der Waals surface area contributed by atoms with Crippen LogP contribution in [0, 0.1) is 0 Å². The van der Waals surface area contributed by atoms with E-state index in [0.29, 0.717) is 5.33 Å². The number of nitrogens with zero attached hydrogens (tertiary/aromatic N) is 3. The van der Waals surface area contributed by atoms with Gasteiger partial charge in [0.25, 0.3) is 0 Å². The predicted molar refractivity (Wildman–Crippen MR) is 68.8 cm³/mol. The summed E-state index contributed by atoms with van der Waals surface area (Å²) in [4.78, 5) is 0. The Bertz CT molecular complexity index is 478. The van der Waals surface area contributed by atoms with E-state index in [-0.39, 0.29) is 0 Å². The van der Waals surface area contributed by atoms with Gasteiger partial charge in [0.15, 0.2) is 5.82 Å². The Morgan fingerprint density at radius 2 is 1.94 bits per heavy atom. The molecule has 0 bridgehead atoms. The Morgan fingerprint density at radius 3 is 2.50 bits per heavy atom. The van der Waals surface area contributed by atoms with Crippen molar-refractivity contribution in [2.75, 3.05) is 0 Å². The Hall–Kier alpha value is -0.870. The second-order valence-electron chi connectivity index (χ2n) is 3.32. The van der Waals surface area contributed by atoms with Gasteiger partial charge in [0, 0.05) is 17.1 Å². The number of aromatic nitrogens is 3. The molecule has 0 N–H and O–H groups in total. The van der Waals surface area contributed by atoms with Gasteiger partial charge in [-0.25, -0.2) is 0 Å². The second kappa shape index (κ2) is 4.97. The van der Waals surface area contributed by atoms with Crippen molar-refractivity contribution in [2.45, 2.75) is 18.8 Å². The number of benzene rings is 1. The average molecular weight is 301 g/mol. The summed E-state index contributed by atoms with van der Waals surface area (Å²) in [7, 11) is 0. The summed E-state index contributed by atoms with van der Waals surface area (Å²) in [5.41, 5.74) is 1.03. The molecule has 5 heteroatoms. The first-order valence-electron chi connectivity index (χ1n) is 5.00. The second-order valence-corrected chi connectivity index (χ2v) is 4.32. The summed E-state index contributed by atoms with van der Waals surface area (Å²) in [5, 5.41) is 9.77. The standard InChI is InChI=1S/C11H11BrClN3/c1-2-16-10(7-12)14-15-11(16)8-3-5-9(13)6-4-8/h3-6H,2,7H2,1H3. The highest BCUT2D eigenvalue weighted by Crippen LogP contribution is 2.21. The molecule has 0 aliphatic heterocycles. The van der Waals surface area contributed by atoms with Gasteiger partial charge in [0.05, 0.1) is 5.33 Å². The molecule has 2 aromatic rings. The predicted octanol–water partition coefficient (Wildman–Crippen LogP) is 3.51. The van der Waals surface area contributed by atoms with Crippen LogP contribution in [0.1, 0.15) is 12.7 Å². The molecule has 0 amide bonds. The Morgan fingerprint density at radius 1 is 1.25 bits per heavy atom. The van der Waals surface area contributed by atoms with Crippen LogP contribution >= 0.6 is 27.5 Å². The van der Waals surface area contributed by atoms with Gasteiger partial charge < -0.3 is 4.57 Å². The molecule has 0 aliphatic rings. The van der Waals surface area contributed by atoms with Crippen LogP contribution in [0.25, 0.3) is 11.4 Å². The smallest absolute Gasteiger partial charge is 0.163 e. The molecule has 0 spiro atoms. The van der Waals surface area contributed by atoms with Gasteiger partial charge in [-0.1, -0.05) is 27.5 Å². The van der Waals surface area contributed by atoms with E-state index in [1.807, 2.05) is 24.3 Å². The van der Waals surface area contributed by atoms with Crippen LogP contribution in [0.2, 0.25) is 5.02 Å². The highest BCUT2D eigenvalue weighted by molar-refractivity contribution is 9.08. The van der Waals surface area contributed by atoms with Crippen LogP contribution in [-0.2, 0) is 11.9 Å². The lowest BCUT2D eigenvalue weighted by Gasteiger charge is -2.05. The normalized spacial score (nSPS) is 10.7. The molecule has 1 aromatic heterocycles. The van der Waals surface area contributed by atoms with Crippen LogP contribution < -0.4 is 0 Å². The summed E-state index contributed by atoms with van der Waals surface area (Å²) in [6, 6.07) is 7.63. The summed E-state index contributed by atoms with van der Waals surface area (Å²) in [6.45, 7) is 2.93. The highest BCUT2D eigenvalue weighted by Gasteiger charge is 2.10. The van der Waals surface area contributed by atoms with E-state index in [9.17, 15) is 0 Å². The molecule has 0 saturated heterocycles. The van der Waals surface area contributed by atoms with Crippen molar-refractivity contribution in [1.29, 1.82) is 0 Å². The molecule has 1 heterocycles. The fourth-order valence-electron chi connectivity index (χ4n) is 1.58.